The fourth-order valence-electron chi connectivity index (χ4n) is 2.22. The highest BCUT2D eigenvalue weighted by molar-refractivity contribution is 7.90. The summed E-state index contributed by atoms with van der Waals surface area (Å²) in [5.41, 5.74) is 0. The van der Waals surface area contributed by atoms with Crippen LogP contribution < -0.4 is 4.72 Å². The molecule has 1 aliphatic carbocycles. The van der Waals surface area contributed by atoms with Crippen LogP contribution in [0, 0.1) is 0 Å². The van der Waals surface area contributed by atoms with Gasteiger partial charge in [-0.2, -0.15) is 0 Å². The predicted octanol–water partition coefficient (Wildman–Crippen LogP) is 2.21. The number of hydrogen-bond donors (Lipinski definition) is 2. The molecule has 1 aromatic rings. The van der Waals surface area contributed by atoms with Gasteiger partial charge in [0.05, 0.1) is 5.25 Å². The van der Waals surface area contributed by atoms with E-state index in [-0.39, 0.29) is 11.8 Å². The third kappa shape index (κ3) is 4.16. The van der Waals surface area contributed by atoms with E-state index in [1.807, 2.05) is 6.07 Å². The van der Waals surface area contributed by atoms with Crippen molar-refractivity contribution in [2.45, 2.75) is 37.5 Å². The van der Waals surface area contributed by atoms with E-state index in [0.29, 0.717) is 0 Å². The van der Waals surface area contributed by atoms with Crippen LogP contribution >= 0.6 is 11.3 Å². The summed E-state index contributed by atoms with van der Waals surface area (Å²) in [6.07, 6.45) is 6.02. The van der Waals surface area contributed by atoms with Crippen molar-refractivity contribution in [3.63, 3.8) is 0 Å². The van der Waals surface area contributed by atoms with Crippen LogP contribution in [-0.4, -0.2) is 24.7 Å². The van der Waals surface area contributed by atoms with Crippen molar-refractivity contribution in [1.29, 1.82) is 0 Å². The van der Waals surface area contributed by atoms with Gasteiger partial charge in [0.15, 0.2) is 0 Å². The quantitative estimate of drug-likeness (QED) is 0.788. The SMILES string of the molecule is O=C(O)/C=C/c1ccc(CNS(=O)(=O)C2CCCC2)s1. The first-order valence-corrected chi connectivity index (χ1v) is 8.82. The summed E-state index contributed by atoms with van der Waals surface area (Å²) in [4.78, 5) is 12.1. The monoisotopic (exact) mass is 315 g/mol. The highest BCUT2D eigenvalue weighted by atomic mass is 32.2. The Morgan fingerprint density at radius 2 is 2.10 bits per heavy atom. The molecule has 20 heavy (non-hydrogen) atoms. The lowest BCUT2D eigenvalue weighted by Crippen LogP contribution is -2.31. The molecule has 0 spiro atoms. The van der Waals surface area contributed by atoms with E-state index in [0.717, 1.165) is 41.5 Å². The summed E-state index contributed by atoms with van der Waals surface area (Å²) in [5, 5.41) is 8.28. The fourth-order valence-corrected chi connectivity index (χ4v) is 4.71. The Bertz CT molecular complexity index is 598. The molecular formula is C13H17NO4S2. The van der Waals surface area contributed by atoms with Crippen molar-refractivity contribution in [3.05, 3.63) is 28.0 Å². The number of carboxylic acids is 1. The first-order valence-electron chi connectivity index (χ1n) is 6.45. The van der Waals surface area contributed by atoms with E-state index in [2.05, 4.69) is 4.72 Å². The van der Waals surface area contributed by atoms with Gasteiger partial charge in [-0.3, -0.25) is 0 Å². The molecule has 7 heteroatoms. The Morgan fingerprint density at radius 1 is 1.40 bits per heavy atom. The van der Waals surface area contributed by atoms with E-state index in [1.165, 1.54) is 17.4 Å². The number of sulfonamides is 1. The van der Waals surface area contributed by atoms with Crippen LogP contribution in [0.25, 0.3) is 6.08 Å². The molecule has 1 fully saturated rings. The van der Waals surface area contributed by atoms with Crippen molar-refractivity contribution in [2.24, 2.45) is 0 Å². The second-order valence-corrected chi connectivity index (χ2v) is 7.99. The number of carbonyl (C=O) groups is 1. The van der Waals surface area contributed by atoms with Crippen LogP contribution in [-0.2, 0) is 21.4 Å². The number of carboxylic acid groups (broad SMARTS) is 1. The van der Waals surface area contributed by atoms with Crippen molar-refractivity contribution in [1.82, 2.24) is 4.72 Å². The van der Waals surface area contributed by atoms with E-state index >= 15 is 0 Å². The van der Waals surface area contributed by atoms with Crippen molar-refractivity contribution < 1.29 is 18.3 Å². The molecule has 1 aliphatic rings. The Balaban J connectivity index is 1.92. The topological polar surface area (TPSA) is 83.5 Å². The molecule has 0 saturated heterocycles. The minimum atomic E-state index is -3.23. The molecule has 5 nitrogen and oxygen atoms in total. The molecule has 1 saturated carbocycles. The molecule has 110 valence electrons. The first-order chi connectivity index (χ1) is 9.47. The zero-order valence-corrected chi connectivity index (χ0v) is 12.5. The third-order valence-corrected chi connectivity index (χ3v) is 6.21. The fraction of sp³-hybridized carbons (Fsp3) is 0.462. The van der Waals surface area contributed by atoms with Crippen LogP contribution in [0.4, 0.5) is 0 Å². The van der Waals surface area contributed by atoms with Crippen LogP contribution in [0.3, 0.4) is 0 Å². The Labute approximate surface area is 122 Å². The minimum Gasteiger partial charge on any atom is -0.478 e. The van der Waals surface area contributed by atoms with Crippen LogP contribution in [0.15, 0.2) is 18.2 Å². The van der Waals surface area contributed by atoms with Gasteiger partial charge in [0.1, 0.15) is 0 Å². The largest absolute Gasteiger partial charge is 0.478 e. The Hall–Kier alpha value is -1.18. The van der Waals surface area contributed by atoms with Gasteiger partial charge in [-0.25, -0.2) is 17.9 Å². The highest BCUT2D eigenvalue weighted by Gasteiger charge is 2.28. The van der Waals surface area contributed by atoms with Gasteiger partial charge in [-0.1, -0.05) is 12.8 Å². The van der Waals surface area contributed by atoms with Gasteiger partial charge in [-0.05, 0) is 31.1 Å². The molecule has 0 atom stereocenters. The highest BCUT2D eigenvalue weighted by Crippen LogP contribution is 2.24. The number of rotatable bonds is 6. The summed E-state index contributed by atoms with van der Waals surface area (Å²) in [6, 6.07) is 3.59. The van der Waals surface area contributed by atoms with Crippen molar-refractivity contribution in [3.8, 4) is 0 Å². The zero-order chi connectivity index (χ0) is 14.6. The second-order valence-electron chi connectivity index (χ2n) is 4.75. The second kappa shape index (κ2) is 6.51. The smallest absolute Gasteiger partial charge is 0.328 e. The van der Waals surface area contributed by atoms with Gasteiger partial charge in [0, 0.05) is 22.4 Å². The maximum Gasteiger partial charge on any atom is 0.328 e. The normalized spacial score (nSPS) is 17.0. The average Bonchev–Trinajstić information content (AvgIpc) is 3.06. The van der Waals surface area contributed by atoms with Crippen LogP contribution in [0.1, 0.15) is 35.4 Å². The van der Waals surface area contributed by atoms with Gasteiger partial charge in [0.25, 0.3) is 0 Å². The van der Waals surface area contributed by atoms with Crippen LogP contribution in [0.5, 0.6) is 0 Å². The molecule has 2 rings (SSSR count). The van der Waals surface area contributed by atoms with Crippen LogP contribution in [0.2, 0.25) is 0 Å². The number of nitrogens with one attached hydrogen (secondary N) is 1. The van der Waals surface area contributed by atoms with E-state index in [9.17, 15) is 13.2 Å². The first kappa shape index (κ1) is 15.2. The molecule has 0 unspecified atom stereocenters. The van der Waals surface area contributed by atoms with Gasteiger partial charge in [0.2, 0.25) is 10.0 Å². The molecule has 0 aromatic carbocycles. The summed E-state index contributed by atoms with van der Waals surface area (Å²) < 4.78 is 26.7. The van der Waals surface area contributed by atoms with Gasteiger partial charge < -0.3 is 5.11 Å². The maximum atomic E-state index is 12.0. The number of aliphatic carboxylic acids is 1. The number of thiophene rings is 1. The molecular weight excluding hydrogens is 298 g/mol. The third-order valence-electron chi connectivity index (χ3n) is 3.26. The number of hydrogen-bond acceptors (Lipinski definition) is 4. The molecule has 1 aromatic heterocycles. The average molecular weight is 315 g/mol. The Kier molecular flexibility index (Phi) is 4.95. The molecule has 2 N–H and O–H groups in total. The lowest BCUT2D eigenvalue weighted by Gasteiger charge is -2.11. The summed E-state index contributed by atoms with van der Waals surface area (Å²) in [5.74, 6) is -0.998. The lowest BCUT2D eigenvalue weighted by molar-refractivity contribution is -0.131. The van der Waals surface area contributed by atoms with Gasteiger partial charge >= 0.3 is 5.97 Å². The van der Waals surface area contributed by atoms with E-state index in [1.54, 1.807) is 6.07 Å². The van der Waals surface area contributed by atoms with Gasteiger partial charge in [-0.15, -0.1) is 11.3 Å². The minimum absolute atomic E-state index is 0.256. The molecule has 0 bridgehead atoms. The maximum absolute atomic E-state index is 12.0. The van der Waals surface area contributed by atoms with E-state index < -0.39 is 16.0 Å². The molecule has 0 amide bonds. The standard InChI is InChI=1S/C13H17NO4S2/c15-13(16)8-7-10-5-6-11(19-10)9-14-20(17,18)12-3-1-2-4-12/h5-8,12,14H,1-4,9H2,(H,15,16)/b8-7+. The molecule has 1 heterocycles. The Morgan fingerprint density at radius 3 is 2.75 bits per heavy atom. The molecule has 0 aliphatic heterocycles. The summed E-state index contributed by atoms with van der Waals surface area (Å²) in [7, 11) is -3.23. The summed E-state index contributed by atoms with van der Waals surface area (Å²) >= 11 is 1.38. The summed E-state index contributed by atoms with van der Waals surface area (Å²) in [6.45, 7) is 0.268. The zero-order valence-electron chi connectivity index (χ0n) is 10.9. The predicted molar refractivity (Wildman–Crippen MR) is 79.0 cm³/mol. The van der Waals surface area contributed by atoms with Crippen molar-refractivity contribution in [2.75, 3.05) is 0 Å². The lowest BCUT2D eigenvalue weighted by atomic mass is 10.4. The molecule has 0 radical (unpaired) electrons. The van der Waals surface area contributed by atoms with E-state index in [4.69, 9.17) is 5.11 Å². The van der Waals surface area contributed by atoms with Crippen molar-refractivity contribution >= 4 is 33.4 Å².